The van der Waals surface area contributed by atoms with E-state index in [-0.39, 0.29) is 11.3 Å². The Morgan fingerprint density at radius 1 is 1.19 bits per heavy atom. The Morgan fingerprint density at radius 2 is 1.81 bits per heavy atom. The first-order valence-electron chi connectivity index (χ1n) is 6.17. The number of carbonyl (C=O) groups is 1. The van der Waals surface area contributed by atoms with Crippen molar-refractivity contribution in [3.63, 3.8) is 0 Å². The maximum Gasteiger partial charge on any atom is 0.255 e. The molecule has 0 aliphatic rings. The Balaban J connectivity index is 2.31. The summed E-state index contributed by atoms with van der Waals surface area (Å²) in [6, 6.07) is 7.31. The van der Waals surface area contributed by atoms with Gasteiger partial charge in [0.25, 0.3) is 5.91 Å². The van der Waals surface area contributed by atoms with Crippen molar-refractivity contribution >= 4 is 33.2 Å². The summed E-state index contributed by atoms with van der Waals surface area (Å²) in [5, 5.41) is 5.04. The van der Waals surface area contributed by atoms with E-state index in [1.165, 1.54) is 7.05 Å². The largest absolute Gasteiger partial charge is 0.383 e. The van der Waals surface area contributed by atoms with E-state index in [4.69, 9.17) is 0 Å². The van der Waals surface area contributed by atoms with Crippen LogP contribution in [0.1, 0.15) is 15.9 Å². The molecule has 1 amide bonds. The van der Waals surface area contributed by atoms with Crippen LogP contribution in [0, 0.1) is 18.6 Å². The fourth-order valence-electron chi connectivity index (χ4n) is 1.88. The van der Waals surface area contributed by atoms with Crippen LogP contribution in [0.3, 0.4) is 0 Å². The molecule has 110 valence electrons. The summed E-state index contributed by atoms with van der Waals surface area (Å²) in [5.74, 6) is -2.20. The molecule has 2 N–H and O–H groups in total. The van der Waals surface area contributed by atoms with Gasteiger partial charge in [-0.3, -0.25) is 4.79 Å². The van der Waals surface area contributed by atoms with Gasteiger partial charge >= 0.3 is 0 Å². The highest BCUT2D eigenvalue weighted by Crippen LogP contribution is 2.25. The molecule has 2 aromatic carbocycles. The zero-order valence-corrected chi connectivity index (χ0v) is 13.0. The first-order chi connectivity index (χ1) is 9.93. The van der Waals surface area contributed by atoms with Crippen molar-refractivity contribution in [1.29, 1.82) is 0 Å². The molecule has 0 aromatic heterocycles. The molecule has 2 rings (SSSR count). The van der Waals surface area contributed by atoms with Gasteiger partial charge in [-0.2, -0.15) is 0 Å². The van der Waals surface area contributed by atoms with Crippen molar-refractivity contribution < 1.29 is 13.6 Å². The Morgan fingerprint density at radius 3 is 2.38 bits per heavy atom. The Labute approximate surface area is 129 Å². The molecule has 6 heteroatoms. The molecule has 21 heavy (non-hydrogen) atoms. The number of hydrogen-bond acceptors (Lipinski definition) is 2. The van der Waals surface area contributed by atoms with Gasteiger partial charge in [0.05, 0.1) is 0 Å². The van der Waals surface area contributed by atoms with E-state index < -0.39 is 17.5 Å². The van der Waals surface area contributed by atoms with Gasteiger partial charge in [0, 0.05) is 22.8 Å². The van der Waals surface area contributed by atoms with Crippen LogP contribution in [0.4, 0.5) is 20.2 Å². The quantitative estimate of drug-likeness (QED) is 0.861. The van der Waals surface area contributed by atoms with Crippen LogP contribution in [0.15, 0.2) is 34.8 Å². The van der Waals surface area contributed by atoms with Crippen molar-refractivity contribution in [2.24, 2.45) is 0 Å². The van der Waals surface area contributed by atoms with Gasteiger partial charge in [-0.1, -0.05) is 22.0 Å². The summed E-state index contributed by atoms with van der Waals surface area (Å²) in [7, 11) is 1.41. The van der Waals surface area contributed by atoms with Gasteiger partial charge < -0.3 is 10.6 Å². The second kappa shape index (κ2) is 6.22. The highest BCUT2D eigenvalue weighted by molar-refractivity contribution is 9.10. The lowest BCUT2D eigenvalue weighted by atomic mass is 10.1. The monoisotopic (exact) mass is 354 g/mol. The highest BCUT2D eigenvalue weighted by atomic mass is 79.9. The van der Waals surface area contributed by atoms with Crippen molar-refractivity contribution in [2.45, 2.75) is 6.92 Å². The molecule has 0 saturated carbocycles. The molecule has 0 aliphatic carbocycles. The fraction of sp³-hybridized carbons (Fsp3) is 0.133. The molecule has 0 atom stereocenters. The normalized spacial score (nSPS) is 10.3. The number of halogens is 3. The minimum absolute atomic E-state index is 0.0802. The van der Waals surface area contributed by atoms with Crippen LogP contribution < -0.4 is 10.6 Å². The summed E-state index contributed by atoms with van der Waals surface area (Å²) >= 11 is 3.35. The zero-order valence-electron chi connectivity index (χ0n) is 11.4. The van der Waals surface area contributed by atoms with Gasteiger partial charge in [0.2, 0.25) is 0 Å². The SMILES string of the molecule is CNc1c(F)cc(C(=O)Nc2cccc(Br)c2C)cc1F. The lowest BCUT2D eigenvalue weighted by Gasteiger charge is -2.11. The zero-order chi connectivity index (χ0) is 15.6. The summed E-state index contributed by atoms with van der Waals surface area (Å²) in [5.41, 5.74) is 1.07. The average Bonchev–Trinajstić information content (AvgIpc) is 2.43. The van der Waals surface area contributed by atoms with E-state index in [2.05, 4.69) is 26.6 Å². The van der Waals surface area contributed by atoms with E-state index in [0.29, 0.717) is 5.69 Å². The van der Waals surface area contributed by atoms with Crippen molar-refractivity contribution in [2.75, 3.05) is 17.7 Å². The standard InChI is InChI=1S/C15H13BrF2N2O/c1-8-10(16)4-3-5-13(8)20-15(21)9-6-11(17)14(19-2)12(18)7-9/h3-7,19H,1-2H3,(H,20,21). The van der Waals surface area contributed by atoms with Crippen molar-refractivity contribution in [3.8, 4) is 0 Å². The van der Waals surface area contributed by atoms with Crippen LogP contribution in [0.2, 0.25) is 0 Å². The maximum absolute atomic E-state index is 13.7. The summed E-state index contributed by atoms with van der Waals surface area (Å²) in [6.45, 7) is 1.82. The number of anilines is 2. The van der Waals surface area contributed by atoms with E-state index in [0.717, 1.165) is 22.2 Å². The molecule has 3 nitrogen and oxygen atoms in total. The minimum Gasteiger partial charge on any atom is -0.383 e. The van der Waals surface area contributed by atoms with E-state index in [1.54, 1.807) is 12.1 Å². The van der Waals surface area contributed by atoms with E-state index in [1.807, 2.05) is 13.0 Å². The number of amides is 1. The van der Waals surface area contributed by atoms with Gasteiger partial charge in [-0.15, -0.1) is 0 Å². The lowest BCUT2D eigenvalue weighted by molar-refractivity contribution is 0.102. The summed E-state index contributed by atoms with van der Waals surface area (Å²) < 4.78 is 28.2. The Kier molecular flexibility index (Phi) is 4.57. The molecule has 0 spiro atoms. The summed E-state index contributed by atoms with van der Waals surface area (Å²) in [4.78, 5) is 12.1. The van der Waals surface area contributed by atoms with Crippen molar-refractivity contribution in [1.82, 2.24) is 0 Å². The van der Waals surface area contributed by atoms with Gasteiger partial charge in [-0.25, -0.2) is 8.78 Å². The predicted octanol–water partition coefficient (Wildman–Crippen LogP) is 4.33. The third-order valence-electron chi connectivity index (χ3n) is 3.07. The topological polar surface area (TPSA) is 41.1 Å². The van der Waals surface area contributed by atoms with Gasteiger partial charge in [-0.05, 0) is 36.8 Å². The smallest absolute Gasteiger partial charge is 0.255 e. The third kappa shape index (κ3) is 3.21. The number of rotatable bonds is 3. The van der Waals surface area contributed by atoms with Crippen LogP contribution in [-0.4, -0.2) is 13.0 Å². The van der Waals surface area contributed by atoms with Crippen LogP contribution in [0.5, 0.6) is 0 Å². The third-order valence-corrected chi connectivity index (χ3v) is 3.93. The molecule has 0 aliphatic heterocycles. The first kappa shape index (κ1) is 15.4. The predicted molar refractivity (Wildman–Crippen MR) is 82.7 cm³/mol. The molecule has 2 aromatic rings. The lowest BCUT2D eigenvalue weighted by Crippen LogP contribution is -2.14. The first-order valence-corrected chi connectivity index (χ1v) is 6.96. The number of nitrogens with one attached hydrogen (secondary N) is 2. The minimum atomic E-state index is -0.811. The highest BCUT2D eigenvalue weighted by Gasteiger charge is 2.15. The molecule has 0 unspecified atom stereocenters. The molecular formula is C15H13BrF2N2O. The maximum atomic E-state index is 13.7. The number of hydrogen-bond donors (Lipinski definition) is 2. The van der Waals surface area contributed by atoms with Crippen LogP contribution in [-0.2, 0) is 0 Å². The fourth-order valence-corrected chi connectivity index (χ4v) is 2.25. The molecular weight excluding hydrogens is 342 g/mol. The van der Waals surface area contributed by atoms with E-state index >= 15 is 0 Å². The van der Waals surface area contributed by atoms with E-state index in [9.17, 15) is 13.6 Å². The van der Waals surface area contributed by atoms with Crippen LogP contribution >= 0.6 is 15.9 Å². The molecule has 0 fully saturated rings. The molecule has 0 saturated heterocycles. The average molecular weight is 355 g/mol. The van der Waals surface area contributed by atoms with Crippen molar-refractivity contribution in [3.05, 3.63) is 57.6 Å². The van der Waals surface area contributed by atoms with Crippen LogP contribution in [0.25, 0.3) is 0 Å². The second-order valence-electron chi connectivity index (χ2n) is 4.43. The number of benzene rings is 2. The Hall–Kier alpha value is -1.95. The molecule has 0 heterocycles. The number of carbonyl (C=O) groups excluding carboxylic acids is 1. The molecule has 0 radical (unpaired) electrons. The Bertz CT molecular complexity index is 681. The summed E-state index contributed by atoms with van der Waals surface area (Å²) in [6.07, 6.45) is 0. The second-order valence-corrected chi connectivity index (χ2v) is 5.29. The van der Waals surface area contributed by atoms with Gasteiger partial charge in [0.1, 0.15) is 17.3 Å². The molecule has 0 bridgehead atoms. The van der Waals surface area contributed by atoms with Gasteiger partial charge in [0.15, 0.2) is 0 Å².